The minimum atomic E-state index is -0.129. The van der Waals surface area contributed by atoms with Crippen molar-refractivity contribution in [1.82, 2.24) is 0 Å². The Bertz CT molecular complexity index is 765. The molecule has 0 bridgehead atoms. The number of hydrogen-bond donors (Lipinski definition) is 1. The van der Waals surface area contributed by atoms with Gasteiger partial charge in [-0.3, -0.25) is 4.79 Å². The van der Waals surface area contributed by atoms with Gasteiger partial charge in [0.2, 0.25) is 0 Å². The molecule has 1 aliphatic heterocycles. The Balaban J connectivity index is 2.15. The van der Waals surface area contributed by atoms with E-state index in [-0.39, 0.29) is 5.91 Å². The first-order valence-electron chi connectivity index (χ1n) is 6.56. The highest BCUT2D eigenvalue weighted by Gasteiger charge is 2.24. The van der Waals surface area contributed by atoms with Crippen LogP contribution in [-0.4, -0.2) is 13.0 Å². The highest BCUT2D eigenvalue weighted by Crippen LogP contribution is 2.36. The Hall–Kier alpha value is -2.26. The molecule has 3 nitrogen and oxygen atoms in total. The molecule has 1 aliphatic rings. The zero-order valence-electron chi connectivity index (χ0n) is 11.7. The molecule has 0 saturated carbocycles. The lowest BCUT2D eigenvalue weighted by atomic mass is 10.0. The van der Waals surface area contributed by atoms with Crippen LogP contribution in [0.15, 0.2) is 36.4 Å². The largest absolute Gasteiger partial charge is 0.496 e. The van der Waals surface area contributed by atoms with Gasteiger partial charge in [-0.05, 0) is 43.3 Å². The summed E-state index contributed by atoms with van der Waals surface area (Å²) in [7, 11) is 1.62. The summed E-state index contributed by atoms with van der Waals surface area (Å²) in [5.74, 6) is 0.604. The number of aryl methyl sites for hydroxylation is 1. The van der Waals surface area contributed by atoms with Crippen molar-refractivity contribution >= 4 is 34.8 Å². The number of benzene rings is 2. The van der Waals surface area contributed by atoms with Crippen LogP contribution in [0.4, 0.5) is 5.69 Å². The molecule has 1 amide bonds. The number of carbonyl (C=O) groups is 1. The van der Waals surface area contributed by atoms with Gasteiger partial charge in [0, 0.05) is 27.4 Å². The highest BCUT2D eigenvalue weighted by molar-refractivity contribution is 6.36. The molecule has 0 aliphatic carbocycles. The Morgan fingerprint density at radius 1 is 1.19 bits per heavy atom. The standard InChI is InChI=1S/C17H14ClNO2/c1-10-3-6-16(21-2)11(7-10)8-14-13-9-12(18)4-5-15(13)19-17(14)20/h3-9H,1-2H3,(H,19,20)/b14-8+. The number of anilines is 1. The van der Waals surface area contributed by atoms with Crippen molar-refractivity contribution in [3.8, 4) is 5.75 Å². The van der Waals surface area contributed by atoms with E-state index in [1.165, 1.54) is 0 Å². The Morgan fingerprint density at radius 2 is 2.00 bits per heavy atom. The molecule has 0 unspecified atom stereocenters. The molecule has 1 heterocycles. The smallest absolute Gasteiger partial charge is 0.256 e. The summed E-state index contributed by atoms with van der Waals surface area (Å²) in [5.41, 5.74) is 4.16. The number of nitrogens with one attached hydrogen (secondary N) is 1. The topological polar surface area (TPSA) is 38.3 Å². The fourth-order valence-corrected chi connectivity index (χ4v) is 2.60. The van der Waals surface area contributed by atoms with Gasteiger partial charge >= 0.3 is 0 Å². The summed E-state index contributed by atoms with van der Waals surface area (Å²) < 4.78 is 5.36. The molecule has 0 radical (unpaired) electrons. The zero-order chi connectivity index (χ0) is 15.0. The van der Waals surface area contributed by atoms with Crippen LogP contribution in [0.1, 0.15) is 16.7 Å². The summed E-state index contributed by atoms with van der Waals surface area (Å²) in [4.78, 5) is 12.2. The lowest BCUT2D eigenvalue weighted by molar-refractivity contribution is -0.110. The van der Waals surface area contributed by atoms with E-state index in [0.717, 1.165) is 28.1 Å². The lowest BCUT2D eigenvalue weighted by Crippen LogP contribution is -2.03. The minimum Gasteiger partial charge on any atom is -0.496 e. The molecule has 106 valence electrons. The maximum Gasteiger partial charge on any atom is 0.256 e. The third kappa shape index (κ3) is 2.52. The number of methoxy groups -OCH3 is 1. The second-order valence-electron chi connectivity index (χ2n) is 4.95. The van der Waals surface area contributed by atoms with Gasteiger partial charge in [-0.25, -0.2) is 0 Å². The van der Waals surface area contributed by atoms with E-state index in [0.29, 0.717) is 10.6 Å². The number of amides is 1. The molecule has 0 spiro atoms. The van der Waals surface area contributed by atoms with Crippen LogP contribution < -0.4 is 10.1 Å². The van der Waals surface area contributed by atoms with Crippen molar-refractivity contribution in [3.63, 3.8) is 0 Å². The monoisotopic (exact) mass is 299 g/mol. The summed E-state index contributed by atoms with van der Waals surface area (Å²) in [6.07, 6.45) is 1.84. The molecule has 3 rings (SSSR count). The first-order valence-corrected chi connectivity index (χ1v) is 6.94. The molecule has 0 aromatic heterocycles. The first-order chi connectivity index (χ1) is 10.1. The molecule has 21 heavy (non-hydrogen) atoms. The van der Waals surface area contributed by atoms with Gasteiger partial charge in [0.15, 0.2) is 0 Å². The number of ether oxygens (including phenoxy) is 1. The molecule has 1 N–H and O–H groups in total. The normalized spacial score (nSPS) is 15.0. The van der Waals surface area contributed by atoms with E-state index in [2.05, 4.69) is 5.32 Å². The van der Waals surface area contributed by atoms with Crippen molar-refractivity contribution in [3.05, 3.63) is 58.1 Å². The van der Waals surface area contributed by atoms with Gasteiger partial charge in [-0.15, -0.1) is 0 Å². The molecule has 0 saturated heterocycles. The van der Waals surface area contributed by atoms with E-state index < -0.39 is 0 Å². The third-order valence-electron chi connectivity index (χ3n) is 3.45. The predicted octanol–water partition coefficient (Wildman–Crippen LogP) is 4.15. The summed E-state index contributed by atoms with van der Waals surface area (Å²) in [5, 5.41) is 3.44. The molecule has 4 heteroatoms. The van der Waals surface area contributed by atoms with Crippen LogP contribution >= 0.6 is 11.6 Å². The molecule has 2 aromatic carbocycles. The second kappa shape index (κ2) is 5.26. The van der Waals surface area contributed by atoms with Crippen molar-refractivity contribution in [2.45, 2.75) is 6.92 Å². The van der Waals surface area contributed by atoms with Crippen LogP contribution in [0.25, 0.3) is 11.6 Å². The maximum atomic E-state index is 12.2. The minimum absolute atomic E-state index is 0.129. The molecule has 2 aromatic rings. The SMILES string of the molecule is COc1ccc(C)cc1/C=C1/C(=O)Nc2ccc(Cl)cc21. The van der Waals surface area contributed by atoms with E-state index in [1.54, 1.807) is 19.2 Å². The molecular weight excluding hydrogens is 286 g/mol. The van der Waals surface area contributed by atoms with Gasteiger partial charge in [0.1, 0.15) is 5.75 Å². The highest BCUT2D eigenvalue weighted by atomic mass is 35.5. The zero-order valence-corrected chi connectivity index (χ0v) is 12.5. The maximum absolute atomic E-state index is 12.2. The van der Waals surface area contributed by atoms with Gasteiger partial charge < -0.3 is 10.1 Å². The number of hydrogen-bond acceptors (Lipinski definition) is 2. The Kier molecular flexibility index (Phi) is 3.43. The third-order valence-corrected chi connectivity index (χ3v) is 3.68. The van der Waals surface area contributed by atoms with Crippen molar-refractivity contribution in [2.24, 2.45) is 0 Å². The van der Waals surface area contributed by atoms with E-state index in [1.807, 2.05) is 37.3 Å². The van der Waals surface area contributed by atoms with Gasteiger partial charge in [-0.1, -0.05) is 23.2 Å². The molecule has 0 fully saturated rings. The average Bonchev–Trinajstić information content (AvgIpc) is 2.75. The summed E-state index contributed by atoms with van der Waals surface area (Å²) in [6.45, 7) is 2.00. The van der Waals surface area contributed by atoms with Crippen molar-refractivity contribution < 1.29 is 9.53 Å². The molecular formula is C17H14ClNO2. The average molecular weight is 300 g/mol. The second-order valence-corrected chi connectivity index (χ2v) is 5.38. The van der Waals surface area contributed by atoms with Gasteiger partial charge in [0.05, 0.1) is 7.11 Å². The molecule has 0 atom stereocenters. The lowest BCUT2D eigenvalue weighted by Gasteiger charge is -2.07. The summed E-state index contributed by atoms with van der Waals surface area (Å²) >= 11 is 6.03. The predicted molar refractivity (Wildman–Crippen MR) is 85.7 cm³/mol. The fourth-order valence-electron chi connectivity index (χ4n) is 2.43. The Morgan fingerprint density at radius 3 is 2.76 bits per heavy atom. The summed E-state index contributed by atoms with van der Waals surface area (Å²) in [6, 6.07) is 11.2. The number of fused-ring (bicyclic) bond motifs is 1. The van der Waals surface area contributed by atoms with Crippen LogP contribution in [0, 0.1) is 6.92 Å². The van der Waals surface area contributed by atoms with E-state index >= 15 is 0 Å². The van der Waals surface area contributed by atoms with Gasteiger partial charge in [0.25, 0.3) is 5.91 Å². The first kappa shape index (κ1) is 13.7. The quantitative estimate of drug-likeness (QED) is 0.846. The van der Waals surface area contributed by atoms with E-state index in [9.17, 15) is 4.79 Å². The fraction of sp³-hybridized carbons (Fsp3) is 0.118. The van der Waals surface area contributed by atoms with Crippen LogP contribution in [0.5, 0.6) is 5.75 Å². The number of rotatable bonds is 2. The Labute approximate surface area is 128 Å². The number of carbonyl (C=O) groups excluding carboxylic acids is 1. The van der Waals surface area contributed by atoms with Crippen LogP contribution in [0.2, 0.25) is 5.02 Å². The van der Waals surface area contributed by atoms with Gasteiger partial charge in [-0.2, -0.15) is 0 Å². The van der Waals surface area contributed by atoms with Crippen LogP contribution in [0.3, 0.4) is 0 Å². The number of halogens is 1. The van der Waals surface area contributed by atoms with Crippen LogP contribution in [-0.2, 0) is 4.79 Å². The van der Waals surface area contributed by atoms with E-state index in [4.69, 9.17) is 16.3 Å². The van der Waals surface area contributed by atoms with Crippen molar-refractivity contribution in [2.75, 3.05) is 12.4 Å². The van der Waals surface area contributed by atoms with Crippen molar-refractivity contribution in [1.29, 1.82) is 0 Å².